The minimum absolute atomic E-state index is 0.0709. The second kappa shape index (κ2) is 8.48. The number of carbonyl (C=O) groups excluding carboxylic acids is 1. The Labute approximate surface area is 181 Å². The SMILES string of the molecule is C[C@]1(c2cc(NC(=O)c3cnc(OCC(F)(F)F)cn3)ccc2F)N=C(N)C[C@H]1C(F)(F)F. The van der Waals surface area contributed by atoms with E-state index in [0.29, 0.717) is 0 Å². The summed E-state index contributed by atoms with van der Waals surface area (Å²) in [5, 5.41) is 2.32. The molecule has 1 aliphatic heterocycles. The number of carbonyl (C=O) groups is 1. The zero-order chi connectivity index (χ0) is 24.6. The lowest BCUT2D eigenvalue weighted by molar-refractivity contribution is -0.187. The summed E-state index contributed by atoms with van der Waals surface area (Å²) in [4.78, 5) is 23.4. The molecule has 0 bridgehead atoms. The lowest BCUT2D eigenvalue weighted by Crippen LogP contribution is -2.38. The maximum absolute atomic E-state index is 14.5. The number of aliphatic imine (C=N–C) groups is 1. The van der Waals surface area contributed by atoms with E-state index < -0.39 is 60.0 Å². The van der Waals surface area contributed by atoms with Gasteiger partial charge in [0.15, 0.2) is 6.61 Å². The number of halogens is 7. The number of anilines is 1. The van der Waals surface area contributed by atoms with Crippen molar-refractivity contribution < 1.29 is 40.3 Å². The third kappa shape index (κ3) is 5.49. The number of amidine groups is 1. The Kier molecular flexibility index (Phi) is 6.22. The van der Waals surface area contributed by atoms with Gasteiger partial charge in [-0.1, -0.05) is 0 Å². The number of ether oxygens (including phenoxy) is 1. The molecule has 1 amide bonds. The highest BCUT2D eigenvalue weighted by atomic mass is 19.4. The van der Waals surface area contributed by atoms with Crippen molar-refractivity contribution in [3.63, 3.8) is 0 Å². The topological polar surface area (TPSA) is 102 Å². The highest BCUT2D eigenvalue weighted by Gasteiger charge is 2.56. The highest BCUT2D eigenvalue weighted by Crippen LogP contribution is 2.49. The van der Waals surface area contributed by atoms with E-state index in [2.05, 4.69) is 25.0 Å². The predicted molar refractivity (Wildman–Crippen MR) is 101 cm³/mol. The third-order valence-corrected chi connectivity index (χ3v) is 4.88. The van der Waals surface area contributed by atoms with Crippen molar-refractivity contribution >= 4 is 17.4 Å². The van der Waals surface area contributed by atoms with Gasteiger partial charge < -0.3 is 15.8 Å². The van der Waals surface area contributed by atoms with Crippen LogP contribution in [0.3, 0.4) is 0 Å². The fourth-order valence-corrected chi connectivity index (χ4v) is 3.36. The first-order valence-corrected chi connectivity index (χ1v) is 9.23. The van der Waals surface area contributed by atoms with E-state index >= 15 is 0 Å². The monoisotopic (exact) mass is 479 g/mol. The number of benzene rings is 1. The lowest BCUT2D eigenvalue weighted by Gasteiger charge is -2.31. The average molecular weight is 479 g/mol. The highest BCUT2D eigenvalue weighted by molar-refractivity contribution is 6.02. The van der Waals surface area contributed by atoms with Crippen molar-refractivity contribution in [1.82, 2.24) is 9.97 Å². The van der Waals surface area contributed by atoms with Gasteiger partial charge in [0.1, 0.15) is 11.5 Å². The molecule has 1 aliphatic rings. The Hall–Kier alpha value is -3.45. The van der Waals surface area contributed by atoms with Gasteiger partial charge in [0.05, 0.1) is 29.7 Å². The smallest absolute Gasteiger partial charge is 0.422 e. The summed E-state index contributed by atoms with van der Waals surface area (Å²) in [7, 11) is 0. The van der Waals surface area contributed by atoms with Crippen LogP contribution in [0, 0.1) is 11.7 Å². The van der Waals surface area contributed by atoms with Gasteiger partial charge in [-0.3, -0.25) is 9.79 Å². The van der Waals surface area contributed by atoms with E-state index in [1.165, 1.54) is 0 Å². The Morgan fingerprint density at radius 2 is 1.91 bits per heavy atom. The van der Waals surface area contributed by atoms with E-state index in [9.17, 15) is 35.5 Å². The molecule has 2 atom stereocenters. The number of hydrogen-bond acceptors (Lipinski definition) is 6. The Morgan fingerprint density at radius 3 is 2.48 bits per heavy atom. The quantitative estimate of drug-likeness (QED) is 0.632. The number of nitrogens with two attached hydrogens (primary N) is 1. The van der Waals surface area contributed by atoms with E-state index in [1.807, 2.05) is 0 Å². The largest absolute Gasteiger partial charge is 0.467 e. The van der Waals surface area contributed by atoms with Crippen molar-refractivity contribution in [3.05, 3.63) is 47.7 Å². The molecule has 0 spiro atoms. The Morgan fingerprint density at radius 1 is 1.21 bits per heavy atom. The molecule has 1 aromatic heterocycles. The van der Waals surface area contributed by atoms with Gasteiger partial charge in [-0.15, -0.1) is 0 Å². The molecular weight excluding hydrogens is 463 g/mol. The van der Waals surface area contributed by atoms with Crippen LogP contribution in [0.15, 0.2) is 35.6 Å². The summed E-state index contributed by atoms with van der Waals surface area (Å²) in [5.74, 6) is -4.70. The van der Waals surface area contributed by atoms with Crippen molar-refractivity contribution in [2.45, 2.75) is 31.2 Å². The van der Waals surface area contributed by atoms with Gasteiger partial charge in [-0.05, 0) is 25.1 Å². The molecule has 0 saturated carbocycles. The van der Waals surface area contributed by atoms with Crippen LogP contribution < -0.4 is 15.8 Å². The van der Waals surface area contributed by atoms with Gasteiger partial charge >= 0.3 is 12.4 Å². The van der Waals surface area contributed by atoms with Crippen molar-refractivity contribution in [3.8, 4) is 5.88 Å². The zero-order valence-corrected chi connectivity index (χ0v) is 16.8. The number of rotatable bonds is 5. The molecule has 178 valence electrons. The molecule has 0 aliphatic carbocycles. The molecule has 2 heterocycles. The fraction of sp³-hybridized carbons (Fsp3) is 0.368. The number of nitrogens with zero attached hydrogens (tertiary/aromatic N) is 3. The zero-order valence-electron chi connectivity index (χ0n) is 16.8. The molecule has 3 N–H and O–H groups in total. The van der Waals surface area contributed by atoms with Crippen molar-refractivity contribution in [1.29, 1.82) is 0 Å². The van der Waals surface area contributed by atoms with Crippen LogP contribution in [0.5, 0.6) is 5.88 Å². The fourth-order valence-electron chi connectivity index (χ4n) is 3.36. The van der Waals surface area contributed by atoms with E-state index in [1.54, 1.807) is 0 Å². The third-order valence-electron chi connectivity index (χ3n) is 4.88. The van der Waals surface area contributed by atoms with E-state index in [-0.39, 0.29) is 17.2 Å². The van der Waals surface area contributed by atoms with Gasteiger partial charge in [0.2, 0.25) is 5.88 Å². The lowest BCUT2D eigenvalue weighted by atomic mass is 9.79. The summed E-state index contributed by atoms with van der Waals surface area (Å²) in [6, 6.07) is 2.98. The summed E-state index contributed by atoms with van der Waals surface area (Å²) in [5.41, 5.74) is 2.63. The first kappa shape index (κ1) is 24.2. The maximum atomic E-state index is 14.5. The van der Waals surface area contributed by atoms with Gasteiger partial charge in [0, 0.05) is 17.7 Å². The number of amides is 1. The summed E-state index contributed by atoms with van der Waals surface area (Å²) < 4.78 is 95.9. The molecule has 0 unspecified atom stereocenters. The normalized spacial score (nSPS) is 21.0. The molecule has 7 nitrogen and oxygen atoms in total. The van der Waals surface area contributed by atoms with Crippen molar-refractivity contribution in [2.24, 2.45) is 16.6 Å². The van der Waals surface area contributed by atoms with Crippen LogP contribution in [0.1, 0.15) is 29.4 Å². The van der Waals surface area contributed by atoms with Crippen LogP contribution in [0.25, 0.3) is 0 Å². The second-order valence-corrected chi connectivity index (χ2v) is 7.34. The van der Waals surface area contributed by atoms with Crippen LogP contribution >= 0.6 is 0 Å². The van der Waals surface area contributed by atoms with Crippen LogP contribution in [0.2, 0.25) is 0 Å². The minimum atomic E-state index is -4.71. The minimum Gasteiger partial charge on any atom is -0.467 e. The first-order valence-electron chi connectivity index (χ1n) is 9.23. The van der Waals surface area contributed by atoms with Gasteiger partial charge in [0.25, 0.3) is 5.91 Å². The second-order valence-electron chi connectivity index (χ2n) is 7.34. The molecule has 2 aromatic rings. The summed E-state index contributed by atoms with van der Waals surface area (Å²) in [6.45, 7) is -0.504. The number of alkyl halides is 6. The molecule has 0 saturated heterocycles. The molecule has 3 rings (SSSR count). The Bertz CT molecular complexity index is 1070. The summed E-state index contributed by atoms with van der Waals surface area (Å²) in [6.07, 6.45) is -8.27. The van der Waals surface area contributed by atoms with Gasteiger partial charge in [-0.2, -0.15) is 26.3 Å². The number of hydrogen-bond donors (Lipinski definition) is 2. The average Bonchev–Trinajstić information content (AvgIpc) is 3.03. The molecule has 14 heteroatoms. The van der Waals surface area contributed by atoms with E-state index in [4.69, 9.17) is 5.73 Å². The Balaban J connectivity index is 1.81. The molecule has 33 heavy (non-hydrogen) atoms. The van der Waals surface area contributed by atoms with Crippen LogP contribution in [0.4, 0.5) is 36.4 Å². The summed E-state index contributed by atoms with van der Waals surface area (Å²) >= 11 is 0. The molecule has 0 fully saturated rings. The van der Waals surface area contributed by atoms with Gasteiger partial charge in [-0.25, -0.2) is 14.4 Å². The molecular formula is C19H16F7N5O2. The van der Waals surface area contributed by atoms with Crippen LogP contribution in [-0.2, 0) is 5.54 Å². The maximum Gasteiger partial charge on any atom is 0.422 e. The predicted octanol–water partition coefficient (Wildman–Crippen LogP) is 3.96. The van der Waals surface area contributed by atoms with Crippen molar-refractivity contribution in [2.75, 3.05) is 11.9 Å². The number of aromatic nitrogens is 2. The first-order chi connectivity index (χ1) is 15.2. The number of nitrogens with one attached hydrogen (secondary N) is 1. The molecule has 0 radical (unpaired) electrons. The molecule has 1 aromatic carbocycles. The standard InChI is InChI=1S/C19H16F7N5O2/c1-17(13(19(24,25)26)5-14(27)31-17)10-4-9(2-3-11(10)20)30-16(32)12-6-29-15(7-28-12)33-8-18(21,22)23/h2-4,6-7,13H,5,8H2,1H3,(H2,27,31)(H,30,32)/t13-,17-/m1/s1. The van der Waals surface area contributed by atoms with E-state index in [0.717, 1.165) is 37.5 Å². The van der Waals surface area contributed by atoms with Crippen LogP contribution in [-0.4, -0.2) is 40.7 Å².